The fourth-order valence-electron chi connectivity index (χ4n) is 1.87. The molecule has 3 heteroatoms. The first kappa shape index (κ1) is 12.7. The van der Waals surface area contributed by atoms with Gasteiger partial charge in [0.15, 0.2) is 0 Å². The molecule has 0 fully saturated rings. The molecular weight excluding hydrogens is 254 g/mol. The molecule has 0 saturated heterocycles. The molecule has 1 aromatic rings. The first-order chi connectivity index (χ1) is 6.89. The van der Waals surface area contributed by atoms with Gasteiger partial charge in [-0.05, 0) is 39.9 Å². The van der Waals surface area contributed by atoms with Gasteiger partial charge in [-0.15, -0.1) is 0 Å². The van der Waals surface area contributed by atoms with Crippen molar-refractivity contribution >= 4 is 15.9 Å². The Morgan fingerprint density at radius 2 is 1.73 bits per heavy atom. The second kappa shape index (κ2) is 4.62. The van der Waals surface area contributed by atoms with Crippen LogP contribution in [0.1, 0.15) is 33.4 Å². The molecule has 0 saturated carbocycles. The van der Waals surface area contributed by atoms with Gasteiger partial charge in [0.2, 0.25) is 0 Å². The number of halogens is 1. The summed E-state index contributed by atoms with van der Waals surface area (Å²) in [4.78, 5) is 4.30. The second-order valence-corrected chi connectivity index (χ2v) is 5.41. The van der Waals surface area contributed by atoms with E-state index >= 15 is 0 Å². The maximum atomic E-state index is 10.7. The van der Waals surface area contributed by atoms with E-state index in [0.29, 0.717) is 0 Å². The Bertz CT molecular complexity index is 311. The lowest BCUT2D eigenvalue weighted by Gasteiger charge is -2.35. The molecule has 0 aliphatic carbocycles. The van der Waals surface area contributed by atoms with Crippen LogP contribution in [0, 0.1) is 11.8 Å². The van der Waals surface area contributed by atoms with Crippen LogP contribution in [0.2, 0.25) is 0 Å². The van der Waals surface area contributed by atoms with Crippen molar-refractivity contribution in [2.24, 2.45) is 11.8 Å². The summed E-state index contributed by atoms with van der Waals surface area (Å²) in [6.07, 6.45) is 1.73. The highest BCUT2D eigenvalue weighted by Crippen LogP contribution is 2.35. The van der Waals surface area contributed by atoms with Gasteiger partial charge in [-0.3, -0.25) is 4.98 Å². The molecule has 0 aliphatic heterocycles. The third-order valence-corrected chi connectivity index (χ3v) is 3.37. The summed E-state index contributed by atoms with van der Waals surface area (Å²) in [7, 11) is 0. The van der Waals surface area contributed by atoms with Crippen LogP contribution >= 0.6 is 15.9 Å². The zero-order valence-corrected chi connectivity index (χ0v) is 11.2. The highest BCUT2D eigenvalue weighted by molar-refractivity contribution is 9.10. The van der Waals surface area contributed by atoms with E-state index in [-0.39, 0.29) is 11.8 Å². The van der Waals surface area contributed by atoms with Crippen LogP contribution in [-0.4, -0.2) is 10.1 Å². The molecule has 15 heavy (non-hydrogen) atoms. The number of aliphatic hydroxyl groups is 1. The highest BCUT2D eigenvalue weighted by atomic mass is 79.9. The summed E-state index contributed by atoms with van der Waals surface area (Å²) in [5.41, 5.74) is -0.101. The molecule has 0 aromatic carbocycles. The number of hydrogen-bond acceptors (Lipinski definition) is 2. The first-order valence-corrected chi connectivity index (χ1v) is 6.02. The van der Waals surface area contributed by atoms with Crippen LogP contribution in [0.25, 0.3) is 0 Å². The zero-order chi connectivity index (χ0) is 11.6. The second-order valence-electron chi connectivity index (χ2n) is 4.50. The minimum atomic E-state index is -0.847. The summed E-state index contributed by atoms with van der Waals surface area (Å²) in [6, 6.07) is 3.79. The molecule has 0 aliphatic rings. The minimum Gasteiger partial charge on any atom is -0.383 e. The van der Waals surface area contributed by atoms with Crippen molar-refractivity contribution in [2.45, 2.75) is 33.3 Å². The molecule has 0 atom stereocenters. The maximum absolute atomic E-state index is 10.7. The third kappa shape index (κ3) is 2.40. The SMILES string of the molecule is CC(C)C(O)(c1ccc(Br)cn1)C(C)C. The van der Waals surface area contributed by atoms with Crippen molar-refractivity contribution in [3.05, 3.63) is 28.5 Å². The van der Waals surface area contributed by atoms with E-state index in [1.165, 1.54) is 0 Å². The van der Waals surface area contributed by atoms with E-state index in [1.54, 1.807) is 6.20 Å². The van der Waals surface area contributed by atoms with Crippen LogP contribution in [0.15, 0.2) is 22.8 Å². The maximum Gasteiger partial charge on any atom is 0.111 e. The molecule has 1 aromatic heterocycles. The molecule has 2 nitrogen and oxygen atoms in total. The van der Waals surface area contributed by atoms with E-state index < -0.39 is 5.60 Å². The van der Waals surface area contributed by atoms with Gasteiger partial charge in [-0.1, -0.05) is 27.7 Å². The predicted octanol–water partition coefficient (Wildman–Crippen LogP) is 3.34. The monoisotopic (exact) mass is 271 g/mol. The van der Waals surface area contributed by atoms with Crippen molar-refractivity contribution in [2.75, 3.05) is 0 Å². The summed E-state index contributed by atoms with van der Waals surface area (Å²) < 4.78 is 0.932. The Hall–Kier alpha value is -0.410. The Morgan fingerprint density at radius 3 is 2.07 bits per heavy atom. The van der Waals surface area contributed by atoms with Crippen LogP contribution in [-0.2, 0) is 5.60 Å². The Morgan fingerprint density at radius 1 is 1.20 bits per heavy atom. The summed E-state index contributed by atoms with van der Waals surface area (Å²) >= 11 is 3.34. The third-order valence-electron chi connectivity index (χ3n) is 2.90. The van der Waals surface area contributed by atoms with Gasteiger partial charge >= 0.3 is 0 Å². The highest BCUT2D eigenvalue weighted by Gasteiger charge is 2.37. The quantitative estimate of drug-likeness (QED) is 0.915. The van der Waals surface area contributed by atoms with Crippen molar-refractivity contribution < 1.29 is 5.11 Å². The van der Waals surface area contributed by atoms with Gasteiger partial charge in [0.1, 0.15) is 5.60 Å². The zero-order valence-electron chi connectivity index (χ0n) is 9.66. The largest absolute Gasteiger partial charge is 0.383 e. The normalized spacial score (nSPS) is 12.5. The smallest absolute Gasteiger partial charge is 0.111 e. The number of rotatable bonds is 3. The first-order valence-electron chi connectivity index (χ1n) is 5.23. The molecule has 0 unspecified atom stereocenters. The van der Waals surface area contributed by atoms with Crippen molar-refractivity contribution in [3.8, 4) is 0 Å². The van der Waals surface area contributed by atoms with Crippen molar-refractivity contribution in [3.63, 3.8) is 0 Å². The average molecular weight is 272 g/mol. The number of nitrogens with zero attached hydrogens (tertiary/aromatic N) is 1. The summed E-state index contributed by atoms with van der Waals surface area (Å²) in [5.74, 6) is 0.289. The molecule has 0 spiro atoms. The van der Waals surface area contributed by atoms with Gasteiger partial charge in [-0.2, -0.15) is 0 Å². The van der Waals surface area contributed by atoms with Gasteiger partial charge in [0, 0.05) is 10.7 Å². The van der Waals surface area contributed by atoms with E-state index in [4.69, 9.17) is 0 Å². The molecule has 84 valence electrons. The van der Waals surface area contributed by atoms with Crippen LogP contribution in [0.4, 0.5) is 0 Å². The van der Waals surface area contributed by atoms with E-state index in [0.717, 1.165) is 10.2 Å². The van der Waals surface area contributed by atoms with Crippen LogP contribution < -0.4 is 0 Å². The van der Waals surface area contributed by atoms with Gasteiger partial charge < -0.3 is 5.11 Å². The van der Waals surface area contributed by atoms with E-state index in [1.807, 2.05) is 39.8 Å². The van der Waals surface area contributed by atoms with Crippen molar-refractivity contribution in [1.82, 2.24) is 4.98 Å². The lowest BCUT2D eigenvalue weighted by Crippen LogP contribution is -2.38. The lowest BCUT2D eigenvalue weighted by atomic mass is 9.78. The number of hydrogen-bond donors (Lipinski definition) is 1. The summed E-state index contributed by atoms with van der Waals surface area (Å²) in [6.45, 7) is 8.07. The number of pyridine rings is 1. The molecule has 0 radical (unpaired) electrons. The van der Waals surface area contributed by atoms with Crippen LogP contribution in [0.5, 0.6) is 0 Å². The van der Waals surface area contributed by atoms with E-state index in [9.17, 15) is 5.11 Å². The minimum absolute atomic E-state index is 0.145. The molecule has 1 N–H and O–H groups in total. The van der Waals surface area contributed by atoms with Crippen molar-refractivity contribution in [1.29, 1.82) is 0 Å². The molecule has 0 amide bonds. The molecule has 1 heterocycles. The standard InChI is InChI=1S/C12H18BrNO/c1-8(2)12(15,9(3)4)11-6-5-10(13)7-14-11/h5-9,15H,1-4H3. The Labute approximate surface area is 99.9 Å². The Kier molecular flexibility index (Phi) is 3.90. The fraction of sp³-hybridized carbons (Fsp3) is 0.583. The van der Waals surface area contributed by atoms with E-state index in [2.05, 4.69) is 20.9 Å². The predicted molar refractivity (Wildman–Crippen MR) is 65.5 cm³/mol. The topological polar surface area (TPSA) is 33.1 Å². The van der Waals surface area contributed by atoms with Crippen LogP contribution in [0.3, 0.4) is 0 Å². The molecular formula is C12H18BrNO. The van der Waals surface area contributed by atoms with Gasteiger partial charge in [-0.25, -0.2) is 0 Å². The fourth-order valence-corrected chi connectivity index (χ4v) is 2.11. The summed E-state index contributed by atoms with van der Waals surface area (Å²) in [5, 5.41) is 10.7. The van der Waals surface area contributed by atoms with Gasteiger partial charge in [0.05, 0.1) is 5.69 Å². The molecule has 1 rings (SSSR count). The lowest BCUT2D eigenvalue weighted by molar-refractivity contribution is -0.0568. The number of aromatic nitrogens is 1. The van der Waals surface area contributed by atoms with Gasteiger partial charge in [0.25, 0.3) is 0 Å². The molecule has 0 bridgehead atoms. The Balaban J connectivity index is 3.16. The average Bonchev–Trinajstić information content (AvgIpc) is 2.17.